The smallest absolute Gasteiger partial charge is 0.254 e. The van der Waals surface area contributed by atoms with Gasteiger partial charge < -0.3 is 15.0 Å². The standard InChI is InChI=1S/C14H19FN2O2/c1-17-7-5-10(6-8-17)16-14(18)12-4-3-11(19-2)9-13(12)15/h3-4,9-10H,5-8H2,1-2H3,(H,16,18). The third-order valence-corrected chi connectivity index (χ3v) is 3.47. The molecule has 0 bridgehead atoms. The summed E-state index contributed by atoms with van der Waals surface area (Å²) in [5.41, 5.74) is 0.0692. The zero-order valence-electron chi connectivity index (χ0n) is 11.3. The van der Waals surface area contributed by atoms with Gasteiger partial charge in [0.2, 0.25) is 0 Å². The molecule has 0 aromatic heterocycles. The molecule has 19 heavy (non-hydrogen) atoms. The second-order valence-corrected chi connectivity index (χ2v) is 4.90. The van der Waals surface area contributed by atoms with Crippen molar-refractivity contribution >= 4 is 5.91 Å². The summed E-state index contributed by atoms with van der Waals surface area (Å²) in [6.07, 6.45) is 1.81. The van der Waals surface area contributed by atoms with Crippen molar-refractivity contribution in [3.63, 3.8) is 0 Å². The minimum atomic E-state index is -0.551. The molecule has 0 atom stereocenters. The molecule has 1 saturated heterocycles. The Hall–Kier alpha value is -1.62. The monoisotopic (exact) mass is 266 g/mol. The molecule has 1 fully saturated rings. The molecule has 1 heterocycles. The lowest BCUT2D eigenvalue weighted by molar-refractivity contribution is 0.0912. The van der Waals surface area contributed by atoms with Gasteiger partial charge in [0.15, 0.2) is 0 Å². The number of carbonyl (C=O) groups excluding carboxylic acids is 1. The number of ether oxygens (including phenoxy) is 1. The maximum absolute atomic E-state index is 13.8. The number of amides is 1. The Bertz CT molecular complexity index is 457. The van der Waals surface area contributed by atoms with Gasteiger partial charge in [-0.15, -0.1) is 0 Å². The fourth-order valence-electron chi connectivity index (χ4n) is 2.22. The van der Waals surface area contributed by atoms with Gasteiger partial charge in [-0.25, -0.2) is 4.39 Å². The van der Waals surface area contributed by atoms with E-state index in [-0.39, 0.29) is 17.5 Å². The van der Waals surface area contributed by atoms with Crippen LogP contribution in [0.5, 0.6) is 5.75 Å². The molecule has 0 spiro atoms. The van der Waals surface area contributed by atoms with Gasteiger partial charge in [0.05, 0.1) is 12.7 Å². The van der Waals surface area contributed by atoms with Crippen LogP contribution in [0.25, 0.3) is 0 Å². The fourth-order valence-corrected chi connectivity index (χ4v) is 2.22. The molecule has 2 rings (SSSR count). The van der Waals surface area contributed by atoms with Crippen LogP contribution >= 0.6 is 0 Å². The van der Waals surface area contributed by atoms with Gasteiger partial charge >= 0.3 is 0 Å². The molecule has 1 aliphatic heterocycles. The first kappa shape index (κ1) is 13.8. The summed E-state index contributed by atoms with van der Waals surface area (Å²) in [5, 5.41) is 2.89. The predicted octanol–water partition coefficient (Wildman–Crippen LogP) is 1.66. The summed E-state index contributed by atoms with van der Waals surface area (Å²) in [6, 6.07) is 4.40. The van der Waals surface area contributed by atoms with Gasteiger partial charge in [0, 0.05) is 12.1 Å². The minimum absolute atomic E-state index is 0.0692. The number of carbonyl (C=O) groups is 1. The van der Waals surface area contributed by atoms with Crippen molar-refractivity contribution in [1.82, 2.24) is 10.2 Å². The van der Waals surface area contributed by atoms with Crippen LogP contribution in [0.3, 0.4) is 0 Å². The molecule has 5 heteroatoms. The zero-order valence-corrected chi connectivity index (χ0v) is 11.3. The van der Waals surface area contributed by atoms with E-state index < -0.39 is 5.82 Å². The highest BCUT2D eigenvalue weighted by atomic mass is 19.1. The van der Waals surface area contributed by atoms with Crippen LogP contribution in [0.1, 0.15) is 23.2 Å². The fraction of sp³-hybridized carbons (Fsp3) is 0.500. The molecule has 4 nitrogen and oxygen atoms in total. The van der Waals surface area contributed by atoms with Crippen molar-refractivity contribution in [2.75, 3.05) is 27.2 Å². The molecule has 0 aliphatic carbocycles. The molecule has 1 amide bonds. The number of piperidine rings is 1. The molecule has 0 radical (unpaired) electrons. The lowest BCUT2D eigenvalue weighted by Gasteiger charge is -2.29. The number of rotatable bonds is 3. The summed E-state index contributed by atoms with van der Waals surface area (Å²) >= 11 is 0. The van der Waals surface area contributed by atoms with Crippen LogP contribution in [0.4, 0.5) is 4.39 Å². The number of hydrogen-bond donors (Lipinski definition) is 1. The van der Waals surface area contributed by atoms with Crippen LogP contribution in [0.15, 0.2) is 18.2 Å². The third kappa shape index (κ3) is 3.44. The summed E-state index contributed by atoms with van der Waals surface area (Å²) in [4.78, 5) is 14.2. The molecule has 104 valence electrons. The summed E-state index contributed by atoms with van der Waals surface area (Å²) < 4.78 is 18.7. The number of halogens is 1. The highest BCUT2D eigenvalue weighted by Gasteiger charge is 2.20. The third-order valence-electron chi connectivity index (χ3n) is 3.47. The first-order chi connectivity index (χ1) is 9.10. The molecule has 1 N–H and O–H groups in total. The van der Waals surface area contributed by atoms with E-state index in [1.54, 1.807) is 6.07 Å². The molecule has 0 saturated carbocycles. The van der Waals surface area contributed by atoms with Crippen molar-refractivity contribution in [1.29, 1.82) is 0 Å². The van der Waals surface area contributed by atoms with Crippen molar-refractivity contribution in [2.24, 2.45) is 0 Å². The van der Waals surface area contributed by atoms with Crippen LogP contribution in [0, 0.1) is 5.82 Å². The van der Waals surface area contributed by atoms with Gasteiger partial charge in [-0.05, 0) is 45.1 Å². The second kappa shape index (κ2) is 6.02. The average molecular weight is 266 g/mol. The second-order valence-electron chi connectivity index (χ2n) is 4.90. The number of hydrogen-bond acceptors (Lipinski definition) is 3. The number of methoxy groups -OCH3 is 1. The Morgan fingerprint density at radius 3 is 2.68 bits per heavy atom. The largest absolute Gasteiger partial charge is 0.497 e. The maximum atomic E-state index is 13.8. The summed E-state index contributed by atoms with van der Waals surface area (Å²) in [5.74, 6) is -0.493. The normalized spacial score (nSPS) is 17.2. The molecule has 1 aromatic carbocycles. The number of nitrogens with one attached hydrogen (secondary N) is 1. The topological polar surface area (TPSA) is 41.6 Å². The van der Waals surface area contributed by atoms with E-state index in [2.05, 4.69) is 17.3 Å². The first-order valence-corrected chi connectivity index (χ1v) is 6.43. The zero-order chi connectivity index (χ0) is 13.8. The van der Waals surface area contributed by atoms with Gasteiger partial charge in [0.25, 0.3) is 5.91 Å². The van der Waals surface area contributed by atoms with E-state index in [0.29, 0.717) is 5.75 Å². The Labute approximate surface area is 112 Å². The number of benzene rings is 1. The Morgan fingerprint density at radius 2 is 2.11 bits per heavy atom. The van der Waals surface area contributed by atoms with E-state index in [4.69, 9.17) is 4.74 Å². The molecular weight excluding hydrogens is 247 g/mol. The average Bonchev–Trinajstić information content (AvgIpc) is 2.41. The van der Waals surface area contributed by atoms with Crippen molar-refractivity contribution < 1.29 is 13.9 Å². The van der Waals surface area contributed by atoms with Crippen molar-refractivity contribution in [3.05, 3.63) is 29.6 Å². The maximum Gasteiger partial charge on any atom is 0.254 e. The van der Waals surface area contributed by atoms with Crippen LogP contribution in [0.2, 0.25) is 0 Å². The highest BCUT2D eigenvalue weighted by Crippen LogP contribution is 2.17. The van der Waals surface area contributed by atoms with Crippen molar-refractivity contribution in [3.8, 4) is 5.75 Å². The lowest BCUT2D eigenvalue weighted by Crippen LogP contribution is -2.43. The van der Waals surface area contributed by atoms with E-state index in [1.807, 2.05) is 0 Å². The molecule has 1 aromatic rings. The minimum Gasteiger partial charge on any atom is -0.497 e. The van der Waals surface area contributed by atoms with Gasteiger partial charge in [-0.3, -0.25) is 4.79 Å². The van der Waals surface area contributed by atoms with E-state index in [9.17, 15) is 9.18 Å². The van der Waals surface area contributed by atoms with Crippen LogP contribution in [-0.4, -0.2) is 44.1 Å². The Balaban J connectivity index is 2.00. The Kier molecular flexibility index (Phi) is 4.37. The van der Waals surface area contributed by atoms with Gasteiger partial charge in [-0.2, -0.15) is 0 Å². The molecule has 1 aliphatic rings. The predicted molar refractivity (Wildman–Crippen MR) is 70.9 cm³/mol. The van der Waals surface area contributed by atoms with Crippen molar-refractivity contribution in [2.45, 2.75) is 18.9 Å². The molecule has 0 unspecified atom stereocenters. The van der Waals surface area contributed by atoms with E-state index in [1.165, 1.54) is 19.2 Å². The number of nitrogens with zero attached hydrogens (tertiary/aromatic N) is 1. The van der Waals surface area contributed by atoms with E-state index in [0.717, 1.165) is 25.9 Å². The van der Waals surface area contributed by atoms with Crippen LogP contribution in [-0.2, 0) is 0 Å². The molecular formula is C14H19FN2O2. The number of likely N-dealkylation sites (tertiary alicyclic amines) is 1. The summed E-state index contributed by atoms with van der Waals surface area (Å²) in [6.45, 7) is 1.91. The first-order valence-electron chi connectivity index (χ1n) is 6.43. The van der Waals surface area contributed by atoms with E-state index >= 15 is 0 Å². The quantitative estimate of drug-likeness (QED) is 0.904. The van der Waals surface area contributed by atoms with Gasteiger partial charge in [-0.1, -0.05) is 0 Å². The SMILES string of the molecule is COc1ccc(C(=O)NC2CCN(C)CC2)c(F)c1. The summed E-state index contributed by atoms with van der Waals surface area (Å²) in [7, 11) is 3.52. The van der Waals surface area contributed by atoms with Crippen LogP contribution < -0.4 is 10.1 Å². The van der Waals surface area contributed by atoms with Gasteiger partial charge in [0.1, 0.15) is 11.6 Å². The Morgan fingerprint density at radius 1 is 1.42 bits per heavy atom. The highest BCUT2D eigenvalue weighted by molar-refractivity contribution is 5.94. The lowest BCUT2D eigenvalue weighted by atomic mass is 10.0.